The van der Waals surface area contributed by atoms with E-state index in [2.05, 4.69) is 12.2 Å². The first-order valence-corrected chi connectivity index (χ1v) is 5.77. The van der Waals surface area contributed by atoms with Crippen molar-refractivity contribution in [1.82, 2.24) is 5.32 Å². The molecule has 0 saturated carbocycles. The van der Waals surface area contributed by atoms with Gasteiger partial charge in [0.1, 0.15) is 5.75 Å². The summed E-state index contributed by atoms with van der Waals surface area (Å²) >= 11 is 0. The first-order chi connectivity index (χ1) is 7.86. The predicted molar refractivity (Wildman–Crippen MR) is 65.9 cm³/mol. The molecule has 1 unspecified atom stereocenters. The molecule has 1 aromatic rings. The van der Waals surface area contributed by atoms with Crippen LogP contribution in [0, 0.1) is 0 Å². The van der Waals surface area contributed by atoms with Gasteiger partial charge in [0, 0.05) is 13.2 Å². The molecule has 0 fully saturated rings. The second-order valence-electron chi connectivity index (χ2n) is 3.66. The van der Waals surface area contributed by atoms with Crippen molar-refractivity contribution in [2.24, 2.45) is 0 Å². The minimum atomic E-state index is 0.374. The highest BCUT2D eigenvalue weighted by Gasteiger charge is 2.06. The minimum Gasteiger partial charge on any atom is -0.494 e. The molecule has 3 nitrogen and oxygen atoms in total. The zero-order valence-electron chi connectivity index (χ0n) is 10.1. The van der Waals surface area contributed by atoms with Crippen molar-refractivity contribution in [2.75, 3.05) is 26.9 Å². The minimum absolute atomic E-state index is 0.374. The Hall–Kier alpha value is -1.06. The Morgan fingerprint density at radius 2 is 2.00 bits per heavy atom. The van der Waals surface area contributed by atoms with Crippen LogP contribution in [0.2, 0.25) is 0 Å². The summed E-state index contributed by atoms with van der Waals surface area (Å²) in [5.41, 5.74) is 0. The second kappa shape index (κ2) is 8.13. The summed E-state index contributed by atoms with van der Waals surface area (Å²) in [5.74, 6) is 0.926. The zero-order valence-corrected chi connectivity index (χ0v) is 10.1. The smallest absolute Gasteiger partial charge is 0.119 e. The molecular weight excluding hydrogens is 202 g/mol. The summed E-state index contributed by atoms with van der Waals surface area (Å²) in [5, 5.41) is 3.36. The monoisotopic (exact) mass is 223 g/mol. The largest absolute Gasteiger partial charge is 0.494 e. The van der Waals surface area contributed by atoms with Crippen LogP contribution in [0.5, 0.6) is 5.75 Å². The van der Waals surface area contributed by atoms with Crippen LogP contribution in [0.4, 0.5) is 0 Å². The molecule has 90 valence electrons. The fourth-order valence-corrected chi connectivity index (χ4v) is 1.57. The van der Waals surface area contributed by atoms with E-state index in [1.54, 1.807) is 7.11 Å². The summed E-state index contributed by atoms with van der Waals surface area (Å²) in [6, 6.07) is 10.3. The van der Waals surface area contributed by atoms with Crippen LogP contribution in [0.1, 0.15) is 13.3 Å². The third kappa shape index (κ3) is 5.14. The third-order valence-corrected chi connectivity index (χ3v) is 2.34. The lowest BCUT2D eigenvalue weighted by molar-refractivity contribution is 0.153. The van der Waals surface area contributed by atoms with Gasteiger partial charge in [-0.15, -0.1) is 0 Å². The van der Waals surface area contributed by atoms with Crippen molar-refractivity contribution in [1.29, 1.82) is 0 Å². The normalized spacial score (nSPS) is 12.4. The fourth-order valence-electron chi connectivity index (χ4n) is 1.57. The van der Waals surface area contributed by atoms with Crippen molar-refractivity contribution in [2.45, 2.75) is 19.4 Å². The van der Waals surface area contributed by atoms with Crippen molar-refractivity contribution in [3.05, 3.63) is 30.3 Å². The Morgan fingerprint density at radius 3 is 2.62 bits per heavy atom. The molecule has 1 atom stereocenters. The molecular formula is C13H21NO2. The van der Waals surface area contributed by atoms with Crippen LogP contribution < -0.4 is 10.1 Å². The lowest BCUT2D eigenvalue weighted by Crippen LogP contribution is -2.34. The van der Waals surface area contributed by atoms with Gasteiger partial charge in [-0.3, -0.25) is 0 Å². The predicted octanol–water partition coefficient (Wildman–Crippen LogP) is 2.08. The molecule has 0 bridgehead atoms. The third-order valence-electron chi connectivity index (χ3n) is 2.34. The second-order valence-corrected chi connectivity index (χ2v) is 3.66. The summed E-state index contributed by atoms with van der Waals surface area (Å²) in [6.45, 7) is 4.50. The van der Waals surface area contributed by atoms with E-state index in [0.29, 0.717) is 12.6 Å². The van der Waals surface area contributed by atoms with Gasteiger partial charge in [-0.2, -0.15) is 0 Å². The van der Waals surface area contributed by atoms with Gasteiger partial charge in [-0.05, 0) is 25.1 Å². The average Bonchev–Trinajstić information content (AvgIpc) is 2.31. The Morgan fingerprint density at radius 1 is 1.25 bits per heavy atom. The molecule has 0 aromatic heterocycles. The molecule has 0 heterocycles. The number of ether oxygens (including phenoxy) is 2. The highest BCUT2D eigenvalue weighted by molar-refractivity contribution is 5.20. The summed E-state index contributed by atoms with van der Waals surface area (Å²) in [6.07, 6.45) is 0.955. The Labute approximate surface area is 97.8 Å². The van der Waals surface area contributed by atoms with Gasteiger partial charge in [0.25, 0.3) is 0 Å². The number of hydrogen-bond acceptors (Lipinski definition) is 3. The van der Waals surface area contributed by atoms with E-state index in [1.165, 1.54) is 0 Å². The van der Waals surface area contributed by atoms with E-state index >= 15 is 0 Å². The Kier molecular flexibility index (Phi) is 6.61. The highest BCUT2D eigenvalue weighted by atomic mass is 16.5. The Balaban J connectivity index is 2.22. The van der Waals surface area contributed by atoms with E-state index in [0.717, 1.165) is 25.3 Å². The van der Waals surface area contributed by atoms with Gasteiger partial charge in [0.05, 0.1) is 13.2 Å². The maximum atomic E-state index is 5.63. The molecule has 1 N–H and O–H groups in total. The van der Waals surface area contributed by atoms with E-state index in [4.69, 9.17) is 9.47 Å². The quantitative estimate of drug-likeness (QED) is 0.732. The average molecular weight is 223 g/mol. The van der Waals surface area contributed by atoms with Gasteiger partial charge < -0.3 is 14.8 Å². The molecule has 0 aliphatic heterocycles. The van der Waals surface area contributed by atoms with Gasteiger partial charge >= 0.3 is 0 Å². The maximum absolute atomic E-state index is 5.63. The number of nitrogens with one attached hydrogen (secondary N) is 1. The fraction of sp³-hybridized carbons (Fsp3) is 0.538. The molecule has 0 saturated heterocycles. The van der Waals surface area contributed by atoms with Gasteiger partial charge in [-0.1, -0.05) is 25.1 Å². The topological polar surface area (TPSA) is 30.5 Å². The van der Waals surface area contributed by atoms with Crippen LogP contribution in [0.3, 0.4) is 0 Å². The van der Waals surface area contributed by atoms with Crippen molar-refractivity contribution in [3.63, 3.8) is 0 Å². The Bertz CT molecular complexity index is 258. The first kappa shape index (κ1) is 13.0. The molecule has 0 spiro atoms. The molecule has 0 amide bonds. The van der Waals surface area contributed by atoms with Crippen LogP contribution in [0.15, 0.2) is 30.3 Å². The van der Waals surface area contributed by atoms with E-state index < -0.39 is 0 Å². The van der Waals surface area contributed by atoms with E-state index in [1.807, 2.05) is 30.3 Å². The summed E-state index contributed by atoms with van der Waals surface area (Å²) in [7, 11) is 1.72. The zero-order chi connectivity index (χ0) is 11.6. The first-order valence-electron chi connectivity index (χ1n) is 5.77. The van der Waals surface area contributed by atoms with E-state index in [-0.39, 0.29) is 0 Å². The molecule has 16 heavy (non-hydrogen) atoms. The number of hydrogen-bond donors (Lipinski definition) is 1. The summed E-state index contributed by atoms with van der Waals surface area (Å²) < 4.78 is 10.8. The van der Waals surface area contributed by atoms with Crippen molar-refractivity contribution >= 4 is 0 Å². The number of likely N-dealkylation sites (N-methyl/N-ethyl adjacent to an activating group) is 1. The number of benzene rings is 1. The van der Waals surface area contributed by atoms with Gasteiger partial charge in [0.15, 0.2) is 0 Å². The summed E-state index contributed by atoms with van der Waals surface area (Å²) in [4.78, 5) is 0. The molecule has 3 heteroatoms. The van der Waals surface area contributed by atoms with Crippen LogP contribution in [0.25, 0.3) is 0 Å². The van der Waals surface area contributed by atoms with Crippen LogP contribution in [-0.4, -0.2) is 32.9 Å². The van der Waals surface area contributed by atoms with E-state index in [9.17, 15) is 0 Å². The lowest BCUT2D eigenvalue weighted by atomic mass is 10.2. The molecule has 1 rings (SSSR count). The number of methoxy groups -OCH3 is 1. The molecule has 1 aromatic carbocycles. The van der Waals surface area contributed by atoms with Crippen molar-refractivity contribution < 1.29 is 9.47 Å². The number of rotatable bonds is 8. The molecule has 0 aliphatic carbocycles. The van der Waals surface area contributed by atoms with Crippen LogP contribution >= 0.6 is 0 Å². The van der Waals surface area contributed by atoms with Gasteiger partial charge in [0.2, 0.25) is 0 Å². The van der Waals surface area contributed by atoms with Gasteiger partial charge in [-0.25, -0.2) is 0 Å². The SMILES string of the molecule is CCNC(CCOc1ccccc1)COC. The maximum Gasteiger partial charge on any atom is 0.119 e. The number of para-hydroxylation sites is 1. The van der Waals surface area contributed by atoms with Crippen molar-refractivity contribution in [3.8, 4) is 5.75 Å². The van der Waals surface area contributed by atoms with Crippen LogP contribution in [-0.2, 0) is 4.74 Å². The standard InChI is InChI=1S/C13H21NO2/c1-3-14-12(11-15-2)9-10-16-13-7-5-4-6-8-13/h4-8,12,14H,3,9-11H2,1-2H3. The lowest BCUT2D eigenvalue weighted by Gasteiger charge is -2.17. The molecule has 0 radical (unpaired) electrons. The highest BCUT2D eigenvalue weighted by Crippen LogP contribution is 2.08. The molecule has 0 aliphatic rings.